The van der Waals surface area contributed by atoms with E-state index in [4.69, 9.17) is 9.97 Å². The summed E-state index contributed by atoms with van der Waals surface area (Å²) in [5, 5.41) is -1.56. The molecule has 8 bridgehead atoms. The van der Waals surface area contributed by atoms with Crippen molar-refractivity contribution >= 4 is 160 Å². The Balaban J connectivity index is 0.00000256. The summed E-state index contributed by atoms with van der Waals surface area (Å²) in [6.45, 7) is 0. The van der Waals surface area contributed by atoms with Crippen LogP contribution in [0.2, 0.25) is 0 Å². The van der Waals surface area contributed by atoms with E-state index in [0.29, 0.717) is 21.9 Å². The molecule has 0 unspecified atom stereocenters. The number of nitrogens with one attached hydrogen (secondary N) is 2. The van der Waals surface area contributed by atoms with Crippen molar-refractivity contribution in [2.45, 2.75) is 19.6 Å². The minimum absolute atomic E-state index is 0. The van der Waals surface area contributed by atoms with Crippen molar-refractivity contribution in [1.82, 2.24) is 39.9 Å². The van der Waals surface area contributed by atoms with Crippen molar-refractivity contribution in [3.05, 3.63) is 72.8 Å². The molecule has 58 heavy (non-hydrogen) atoms. The predicted molar refractivity (Wildman–Crippen MR) is 199 cm³/mol. The van der Waals surface area contributed by atoms with Gasteiger partial charge in [-0.25, -0.2) is 63.6 Å². The fourth-order valence-corrected chi connectivity index (χ4v) is 11.6. The first-order valence-corrected chi connectivity index (χ1v) is 21.1. The number of nitrogens with zero attached hydrogens (tertiary/aromatic N) is 6. The second-order valence-electron chi connectivity index (χ2n) is 12.1. The molecule has 4 aromatic carbocycles. The Labute approximate surface area is 385 Å². The molecule has 0 spiro atoms. The zero-order valence-electron chi connectivity index (χ0n) is 28.6. The van der Waals surface area contributed by atoms with Gasteiger partial charge >= 0.3 is 75.5 Å². The summed E-state index contributed by atoms with van der Waals surface area (Å²) in [7, 11) is -26.0. The third-order valence-corrected chi connectivity index (χ3v) is 12.8. The van der Waals surface area contributed by atoms with Crippen molar-refractivity contribution in [1.29, 1.82) is 0 Å². The van der Waals surface area contributed by atoms with Crippen molar-refractivity contribution < 1.29 is 51.9 Å². The quantitative estimate of drug-likeness (QED) is 0.187. The standard InChI is InChI=1S/C32H18N8O12S4.2Ca/c41-53(42,43)21-19-20(22(54(44,45)46)24(56(50,51)52)23(21)55(47,48)49)32-39-30-18-12-6-4-10-16(18)28(37-30)35-26-14-8-2-1-7-13(14)25(33-26)34-27-15-9-3-5-11-17(15)29(36-27)38-31(19)40-32;;/h1-12H,(H,41,42,43)(H,44,45,46)(H,47,48,49)(H,50,51,52)(H2,33,34,35,36,37,38,39,40);;/q;2*+2/p-4. The van der Waals surface area contributed by atoms with E-state index in [1.165, 1.54) is 12.1 Å². The Morgan fingerprint density at radius 3 is 0.914 bits per heavy atom. The van der Waals surface area contributed by atoms with Gasteiger partial charge in [-0.05, 0) is 0 Å². The summed E-state index contributed by atoms with van der Waals surface area (Å²) in [5.74, 6) is -0.637. The third-order valence-electron chi connectivity index (χ3n) is 8.82. The van der Waals surface area contributed by atoms with Crippen LogP contribution in [-0.2, 0) is 40.5 Å². The van der Waals surface area contributed by atoms with Gasteiger partial charge in [-0.1, -0.05) is 72.8 Å². The van der Waals surface area contributed by atoms with E-state index in [0.717, 1.165) is 0 Å². The van der Waals surface area contributed by atoms with Crippen LogP contribution in [0.5, 0.6) is 0 Å². The van der Waals surface area contributed by atoms with Gasteiger partial charge < -0.3 is 28.2 Å². The SMILES string of the molecule is O=S(=O)([O-])c1c(S(=O)(=O)[O-])c(S(=O)(=O)[O-])c2c3nc4nc(nc5[nH]c(nc6nc(nc([nH]3)c2c1S(=O)(=O)[O-])-c1ccccc1-6)c1ccccc51)-c1ccccc1-4.[Ca+2].[Ca+2]. The molecule has 2 aliphatic rings. The molecular weight excluding hydrogens is 897 g/mol. The zero-order valence-corrected chi connectivity index (χ0v) is 36.2. The van der Waals surface area contributed by atoms with Crippen LogP contribution in [0.1, 0.15) is 0 Å². The van der Waals surface area contributed by atoms with E-state index in [-0.39, 0.29) is 121 Å². The number of hydrogen-bond donors (Lipinski definition) is 2. The van der Waals surface area contributed by atoms with Crippen LogP contribution in [0.25, 0.3) is 89.7 Å². The molecule has 5 heterocycles. The van der Waals surface area contributed by atoms with Crippen LogP contribution in [0.4, 0.5) is 0 Å². The topological polar surface area (TPSA) is 338 Å². The molecule has 0 fully saturated rings. The van der Waals surface area contributed by atoms with Gasteiger partial charge in [0.2, 0.25) is 0 Å². The molecule has 0 saturated heterocycles. The summed E-state index contributed by atoms with van der Waals surface area (Å²) >= 11 is 0. The molecule has 26 heteroatoms. The fourth-order valence-electron chi connectivity index (χ4n) is 6.72. The van der Waals surface area contributed by atoms with Crippen LogP contribution in [0.3, 0.4) is 0 Å². The van der Waals surface area contributed by atoms with E-state index < -0.39 is 82.1 Å². The number of aromatic amines is 2. The van der Waals surface area contributed by atoms with Crippen LogP contribution in [0.15, 0.2) is 92.4 Å². The first kappa shape index (κ1) is 42.5. The third kappa shape index (κ3) is 6.92. The summed E-state index contributed by atoms with van der Waals surface area (Å²) in [6.07, 6.45) is 0. The number of rotatable bonds is 4. The van der Waals surface area contributed by atoms with Crippen molar-refractivity contribution in [2.75, 3.05) is 0 Å². The maximum absolute atomic E-state index is 13.0. The first-order chi connectivity index (χ1) is 26.3. The molecule has 7 aromatic rings. The summed E-state index contributed by atoms with van der Waals surface area (Å²) in [4.78, 5) is 23.0. The number of aromatic nitrogens is 8. The number of H-pyrrole nitrogens is 2. The normalized spacial score (nSPS) is 12.8. The first-order valence-electron chi connectivity index (χ1n) is 15.5. The molecular formula is C32H14Ca2N8O12S4. The molecule has 20 nitrogen and oxygen atoms in total. The number of fused-ring (bicyclic) bond motifs is 20. The van der Waals surface area contributed by atoms with Gasteiger partial charge in [0, 0.05) is 43.8 Å². The maximum Gasteiger partial charge on any atom is 2.00 e. The second kappa shape index (κ2) is 14.5. The number of benzene rings is 4. The minimum Gasteiger partial charge on any atom is -0.744 e. The van der Waals surface area contributed by atoms with Gasteiger partial charge in [-0.2, -0.15) is 0 Å². The molecule has 0 saturated carbocycles. The molecule has 0 atom stereocenters. The van der Waals surface area contributed by atoms with Gasteiger partial charge in [0.05, 0.1) is 19.6 Å². The Morgan fingerprint density at radius 2 is 0.621 bits per heavy atom. The smallest absolute Gasteiger partial charge is 0.744 e. The monoisotopic (exact) mass is 910 g/mol. The molecule has 0 aliphatic carbocycles. The van der Waals surface area contributed by atoms with Crippen molar-refractivity contribution in [2.24, 2.45) is 0 Å². The Bertz CT molecular complexity index is 3390. The predicted octanol–water partition coefficient (Wildman–Crippen LogP) is 1.72. The van der Waals surface area contributed by atoms with E-state index >= 15 is 0 Å². The van der Waals surface area contributed by atoms with Crippen LogP contribution < -0.4 is 0 Å². The fraction of sp³-hybridized carbons (Fsp3) is 0. The van der Waals surface area contributed by atoms with Gasteiger partial charge in [0.1, 0.15) is 63.1 Å². The number of hydrogen-bond acceptors (Lipinski definition) is 18. The van der Waals surface area contributed by atoms with Crippen molar-refractivity contribution in [3.8, 4) is 45.6 Å². The average molecular weight is 911 g/mol. The van der Waals surface area contributed by atoms with E-state index in [2.05, 4.69) is 29.9 Å². The minimum atomic E-state index is -6.60. The van der Waals surface area contributed by atoms with E-state index in [9.17, 15) is 51.9 Å². The molecule has 282 valence electrons. The van der Waals surface area contributed by atoms with Gasteiger partial charge in [0.15, 0.2) is 23.3 Å². The summed E-state index contributed by atoms with van der Waals surface area (Å²) < 4.78 is 154. The molecule has 0 radical (unpaired) electrons. The van der Waals surface area contributed by atoms with Crippen LogP contribution >= 0.6 is 0 Å². The van der Waals surface area contributed by atoms with Gasteiger partial charge in [-0.3, -0.25) is 0 Å². The summed E-state index contributed by atoms with van der Waals surface area (Å²) in [6, 6.07) is 19.6. The Kier molecular flexibility index (Phi) is 10.7. The van der Waals surface area contributed by atoms with Crippen molar-refractivity contribution in [3.63, 3.8) is 0 Å². The van der Waals surface area contributed by atoms with E-state index in [1.807, 2.05) is 0 Å². The largest absolute Gasteiger partial charge is 2.00 e. The van der Waals surface area contributed by atoms with Crippen LogP contribution in [0, 0.1) is 0 Å². The molecule has 9 rings (SSSR count). The van der Waals surface area contributed by atoms with E-state index in [1.54, 1.807) is 60.7 Å². The molecule has 2 N–H and O–H groups in total. The Morgan fingerprint density at radius 1 is 0.362 bits per heavy atom. The molecule has 2 aliphatic heterocycles. The maximum atomic E-state index is 13.0. The van der Waals surface area contributed by atoms with Gasteiger partial charge in [-0.15, -0.1) is 0 Å². The van der Waals surface area contributed by atoms with Gasteiger partial charge in [0.25, 0.3) is 0 Å². The second-order valence-corrected chi connectivity index (χ2v) is 17.4. The Hall–Kier alpha value is -3.60. The zero-order chi connectivity index (χ0) is 39.7. The molecule has 3 aromatic heterocycles. The summed E-state index contributed by atoms with van der Waals surface area (Å²) in [5.41, 5.74) is -0.283. The van der Waals surface area contributed by atoms with Crippen LogP contribution in [-0.4, -0.2) is 167 Å². The molecule has 0 amide bonds. The average Bonchev–Trinajstić information content (AvgIpc) is 3.84.